The molecule has 60 valence electrons. The minimum absolute atomic E-state index is 0.203. The second-order valence-electron chi connectivity index (χ2n) is 2.35. The first kappa shape index (κ1) is 6.84. The Morgan fingerprint density at radius 1 is 1.25 bits per heavy atom. The summed E-state index contributed by atoms with van der Waals surface area (Å²) in [7, 11) is 0. The zero-order valence-electron chi connectivity index (χ0n) is 6.23. The van der Waals surface area contributed by atoms with Gasteiger partial charge < -0.3 is 10.1 Å². The number of phenolic OH excluding ortho intramolecular Hbond substituents is 1. The molecular weight excluding hydrogens is 154 g/mol. The van der Waals surface area contributed by atoms with Gasteiger partial charge >= 0.3 is 0 Å². The molecule has 0 unspecified atom stereocenters. The number of phenols is 1. The van der Waals surface area contributed by atoms with Crippen molar-refractivity contribution < 1.29 is 5.11 Å². The zero-order chi connectivity index (χ0) is 8.39. The molecule has 0 amide bonds. The van der Waals surface area contributed by atoms with E-state index in [4.69, 9.17) is 0 Å². The van der Waals surface area contributed by atoms with Crippen molar-refractivity contribution in [1.82, 2.24) is 15.2 Å². The SMILES string of the molecule is Oc1ccccc1-c1nnc[nH]1. The highest BCUT2D eigenvalue weighted by atomic mass is 16.3. The molecule has 0 saturated carbocycles. The number of rotatable bonds is 1. The van der Waals surface area contributed by atoms with E-state index >= 15 is 0 Å². The average molecular weight is 161 g/mol. The number of hydrogen-bond donors (Lipinski definition) is 2. The number of nitrogens with one attached hydrogen (secondary N) is 1. The summed E-state index contributed by atoms with van der Waals surface area (Å²) in [5.74, 6) is 0.780. The van der Waals surface area contributed by atoms with Crippen LogP contribution in [0.3, 0.4) is 0 Å². The summed E-state index contributed by atoms with van der Waals surface area (Å²) in [5, 5.41) is 16.8. The van der Waals surface area contributed by atoms with Crippen LogP contribution < -0.4 is 0 Å². The van der Waals surface area contributed by atoms with Gasteiger partial charge in [0.15, 0.2) is 5.82 Å². The molecule has 0 atom stereocenters. The Hall–Kier alpha value is -1.84. The average Bonchev–Trinajstić information content (AvgIpc) is 2.57. The summed E-state index contributed by atoms with van der Waals surface area (Å²) in [6.45, 7) is 0. The molecule has 0 fully saturated rings. The van der Waals surface area contributed by atoms with Crippen molar-refractivity contribution in [2.75, 3.05) is 0 Å². The van der Waals surface area contributed by atoms with Gasteiger partial charge in [-0.15, -0.1) is 10.2 Å². The van der Waals surface area contributed by atoms with Crippen LogP contribution in [0.5, 0.6) is 5.75 Å². The van der Waals surface area contributed by atoms with Crippen LogP contribution in [-0.4, -0.2) is 20.3 Å². The molecule has 1 aromatic heterocycles. The van der Waals surface area contributed by atoms with E-state index in [1.54, 1.807) is 18.2 Å². The predicted octanol–water partition coefficient (Wildman–Crippen LogP) is 1.18. The lowest BCUT2D eigenvalue weighted by molar-refractivity contribution is 0.477. The lowest BCUT2D eigenvalue weighted by Crippen LogP contribution is -1.80. The Kier molecular flexibility index (Phi) is 1.51. The maximum atomic E-state index is 9.39. The molecule has 4 nitrogen and oxygen atoms in total. The smallest absolute Gasteiger partial charge is 0.164 e. The zero-order valence-corrected chi connectivity index (χ0v) is 6.23. The van der Waals surface area contributed by atoms with Gasteiger partial charge in [0.2, 0.25) is 0 Å². The van der Waals surface area contributed by atoms with Crippen molar-refractivity contribution in [2.45, 2.75) is 0 Å². The number of hydrogen-bond acceptors (Lipinski definition) is 3. The van der Waals surface area contributed by atoms with E-state index in [-0.39, 0.29) is 5.75 Å². The van der Waals surface area contributed by atoms with Gasteiger partial charge in [-0.25, -0.2) is 0 Å². The number of nitrogens with zero attached hydrogens (tertiary/aromatic N) is 2. The standard InChI is InChI=1S/C8H7N3O/c12-7-4-2-1-3-6(7)8-9-5-10-11-8/h1-5,12H,(H,9,10,11). The van der Waals surface area contributed by atoms with E-state index < -0.39 is 0 Å². The number of H-pyrrole nitrogens is 1. The monoisotopic (exact) mass is 161 g/mol. The Morgan fingerprint density at radius 2 is 2.08 bits per heavy atom. The van der Waals surface area contributed by atoms with Crippen molar-refractivity contribution in [2.24, 2.45) is 0 Å². The molecule has 4 heteroatoms. The second-order valence-corrected chi connectivity index (χ2v) is 2.35. The number of aromatic amines is 1. The first-order valence-electron chi connectivity index (χ1n) is 3.52. The van der Waals surface area contributed by atoms with E-state index in [0.717, 1.165) is 0 Å². The van der Waals surface area contributed by atoms with Gasteiger partial charge in [-0.3, -0.25) is 0 Å². The Bertz CT molecular complexity index is 370. The molecule has 0 aliphatic rings. The highest BCUT2D eigenvalue weighted by Gasteiger charge is 2.04. The van der Waals surface area contributed by atoms with Gasteiger partial charge in [-0.2, -0.15) is 0 Å². The van der Waals surface area contributed by atoms with E-state index in [2.05, 4.69) is 15.2 Å². The number of aromatic hydroxyl groups is 1. The number of benzene rings is 1. The molecule has 2 rings (SSSR count). The third-order valence-electron chi connectivity index (χ3n) is 1.58. The van der Waals surface area contributed by atoms with E-state index in [0.29, 0.717) is 11.4 Å². The maximum absolute atomic E-state index is 9.39. The molecular formula is C8H7N3O. The predicted molar refractivity (Wildman–Crippen MR) is 43.5 cm³/mol. The van der Waals surface area contributed by atoms with Gasteiger partial charge in [0.05, 0.1) is 5.56 Å². The summed E-state index contributed by atoms with van der Waals surface area (Å²) < 4.78 is 0. The van der Waals surface area contributed by atoms with Crippen LogP contribution >= 0.6 is 0 Å². The Balaban J connectivity index is 2.55. The molecule has 1 heterocycles. The number of aromatic nitrogens is 3. The quantitative estimate of drug-likeness (QED) is 0.660. The molecule has 0 radical (unpaired) electrons. The van der Waals surface area contributed by atoms with Crippen LogP contribution in [0.25, 0.3) is 11.4 Å². The van der Waals surface area contributed by atoms with Gasteiger partial charge in [0.1, 0.15) is 12.1 Å². The fourth-order valence-corrected chi connectivity index (χ4v) is 1.01. The van der Waals surface area contributed by atoms with Gasteiger partial charge in [0, 0.05) is 0 Å². The summed E-state index contributed by atoms with van der Waals surface area (Å²) >= 11 is 0. The van der Waals surface area contributed by atoms with Gasteiger partial charge in [0.25, 0.3) is 0 Å². The third kappa shape index (κ3) is 1.03. The molecule has 2 aromatic rings. The molecule has 2 N–H and O–H groups in total. The van der Waals surface area contributed by atoms with Gasteiger partial charge in [-0.1, -0.05) is 12.1 Å². The lowest BCUT2D eigenvalue weighted by Gasteiger charge is -1.97. The van der Waals surface area contributed by atoms with Crippen LogP contribution in [0, 0.1) is 0 Å². The topological polar surface area (TPSA) is 61.8 Å². The molecule has 0 aliphatic heterocycles. The van der Waals surface area contributed by atoms with Crippen molar-refractivity contribution >= 4 is 0 Å². The second kappa shape index (κ2) is 2.65. The minimum atomic E-state index is 0.203. The first-order chi connectivity index (χ1) is 5.88. The fraction of sp³-hybridized carbons (Fsp3) is 0. The Morgan fingerprint density at radius 3 is 2.75 bits per heavy atom. The van der Waals surface area contributed by atoms with Crippen LogP contribution in [0.4, 0.5) is 0 Å². The largest absolute Gasteiger partial charge is 0.507 e. The maximum Gasteiger partial charge on any atom is 0.164 e. The Labute approximate surface area is 68.9 Å². The molecule has 0 spiro atoms. The molecule has 0 aliphatic carbocycles. The van der Waals surface area contributed by atoms with Crippen LogP contribution in [0.2, 0.25) is 0 Å². The van der Waals surface area contributed by atoms with E-state index in [1.807, 2.05) is 6.07 Å². The van der Waals surface area contributed by atoms with E-state index in [9.17, 15) is 5.11 Å². The van der Waals surface area contributed by atoms with Crippen molar-refractivity contribution in [1.29, 1.82) is 0 Å². The first-order valence-corrected chi connectivity index (χ1v) is 3.52. The van der Waals surface area contributed by atoms with Crippen LogP contribution in [-0.2, 0) is 0 Å². The lowest BCUT2D eigenvalue weighted by atomic mass is 10.2. The normalized spacial score (nSPS) is 10.0. The highest BCUT2D eigenvalue weighted by Crippen LogP contribution is 2.24. The van der Waals surface area contributed by atoms with E-state index in [1.165, 1.54) is 6.33 Å². The third-order valence-corrected chi connectivity index (χ3v) is 1.58. The molecule has 1 aromatic carbocycles. The summed E-state index contributed by atoms with van der Waals surface area (Å²) in [6, 6.07) is 6.97. The van der Waals surface area contributed by atoms with Crippen molar-refractivity contribution in [3.05, 3.63) is 30.6 Å². The van der Waals surface area contributed by atoms with Crippen LogP contribution in [0.15, 0.2) is 30.6 Å². The highest BCUT2D eigenvalue weighted by molar-refractivity contribution is 5.62. The summed E-state index contributed by atoms with van der Waals surface area (Å²) in [6.07, 6.45) is 1.47. The number of para-hydroxylation sites is 1. The molecule has 0 saturated heterocycles. The van der Waals surface area contributed by atoms with Crippen LogP contribution in [0.1, 0.15) is 0 Å². The summed E-state index contributed by atoms with van der Waals surface area (Å²) in [5.41, 5.74) is 0.662. The van der Waals surface area contributed by atoms with Crippen molar-refractivity contribution in [3.63, 3.8) is 0 Å². The van der Waals surface area contributed by atoms with Crippen molar-refractivity contribution in [3.8, 4) is 17.1 Å². The molecule has 0 bridgehead atoms. The summed E-state index contributed by atoms with van der Waals surface area (Å²) in [4.78, 5) is 2.81. The minimum Gasteiger partial charge on any atom is -0.507 e. The molecule has 12 heavy (non-hydrogen) atoms. The fourth-order valence-electron chi connectivity index (χ4n) is 1.01. The van der Waals surface area contributed by atoms with Gasteiger partial charge in [-0.05, 0) is 12.1 Å².